The Morgan fingerprint density at radius 2 is 1.56 bits per heavy atom. The number of rotatable bonds is 6. The van der Waals surface area contributed by atoms with Crippen molar-refractivity contribution in [1.29, 1.82) is 0 Å². The van der Waals surface area contributed by atoms with Gasteiger partial charge in [0.25, 0.3) is 0 Å². The minimum atomic E-state index is -4.26. The first-order chi connectivity index (χ1) is 15.1. The number of alkyl carbamates (subject to hydrolysis) is 1. The van der Waals surface area contributed by atoms with Crippen molar-refractivity contribution in [2.45, 2.75) is 43.8 Å². The first kappa shape index (κ1) is 20.8. The number of aliphatic carboxylic acids is 1. The van der Waals surface area contributed by atoms with Gasteiger partial charge in [0.1, 0.15) is 12.6 Å². The number of nitrogens with one attached hydrogen (secondary N) is 1. The second-order valence-corrected chi connectivity index (χ2v) is 9.37. The molecule has 0 unspecified atom stereocenters. The van der Waals surface area contributed by atoms with E-state index in [-0.39, 0.29) is 38.2 Å². The molecule has 2 aromatic rings. The zero-order valence-electron chi connectivity index (χ0n) is 17.1. The van der Waals surface area contributed by atoms with Crippen LogP contribution in [0, 0.1) is 10.8 Å². The van der Waals surface area contributed by atoms with Gasteiger partial charge in [0.05, 0.1) is 5.41 Å². The maximum Gasteiger partial charge on any atom is 0.407 e. The van der Waals surface area contributed by atoms with E-state index in [0.717, 1.165) is 22.3 Å². The lowest BCUT2D eigenvalue weighted by Gasteiger charge is -2.71. The largest absolute Gasteiger partial charge is 0.480 e. The molecule has 168 valence electrons. The quantitative estimate of drug-likeness (QED) is 0.649. The minimum Gasteiger partial charge on any atom is -0.480 e. The number of carbonyl (C=O) groups is 2. The Morgan fingerprint density at radius 1 is 1.03 bits per heavy atom. The Hall–Kier alpha value is -3.03. The van der Waals surface area contributed by atoms with Crippen molar-refractivity contribution in [2.75, 3.05) is 6.61 Å². The number of carbonyl (C=O) groups excluding carboxylic acids is 1. The molecule has 2 bridgehead atoms. The van der Waals surface area contributed by atoms with Gasteiger partial charge in [0, 0.05) is 5.92 Å². The van der Waals surface area contributed by atoms with Crippen LogP contribution < -0.4 is 5.32 Å². The first-order valence-corrected chi connectivity index (χ1v) is 10.5. The van der Waals surface area contributed by atoms with Crippen LogP contribution in [-0.2, 0) is 9.53 Å². The van der Waals surface area contributed by atoms with E-state index in [2.05, 4.69) is 5.32 Å². The predicted molar refractivity (Wildman–Crippen MR) is 109 cm³/mol. The Balaban J connectivity index is 1.21. The summed E-state index contributed by atoms with van der Waals surface area (Å²) in [5, 5.41) is 11.8. The van der Waals surface area contributed by atoms with Gasteiger partial charge in [0.15, 0.2) is 0 Å². The van der Waals surface area contributed by atoms with Gasteiger partial charge in [-0.1, -0.05) is 48.5 Å². The summed E-state index contributed by atoms with van der Waals surface area (Å²) in [5.74, 6) is -1.44. The zero-order chi connectivity index (χ0) is 22.7. The monoisotopic (exact) mass is 445 g/mol. The summed E-state index contributed by atoms with van der Waals surface area (Å²) in [7, 11) is 0. The van der Waals surface area contributed by atoms with Crippen LogP contribution in [0.1, 0.15) is 42.7 Å². The van der Waals surface area contributed by atoms with Gasteiger partial charge in [0.2, 0.25) is 0 Å². The average molecular weight is 445 g/mol. The Labute approximate surface area is 182 Å². The number of hydrogen-bond donors (Lipinski definition) is 2. The third-order valence-electron chi connectivity index (χ3n) is 7.31. The Kier molecular flexibility index (Phi) is 4.55. The molecule has 6 rings (SSSR count). The van der Waals surface area contributed by atoms with Crippen molar-refractivity contribution < 1.29 is 32.6 Å². The van der Waals surface area contributed by atoms with Gasteiger partial charge in [-0.25, -0.2) is 9.59 Å². The molecule has 1 atom stereocenters. The number of fused-ring (bicyclic) bond motifs is 3. The lowest BCUT2D eigenvalue weighted by Crippen LogP contribution is -2.69. The van der Waals surface area contributed by atoms with E-state index in [9.17, 15) is 27.9 Å². The van der Waals surface area contributed by atoms with Crippen LogP contribution in [0.15, 0.2) is 48.5 Å². The highest BCUT2D eigenvalue weighted by Crippen LogP contribution is 2.79. The smallest absolute Gasteiger partial charge is 0.407 e. The van der Waals surface area contributed by atoms with Crippen LogP contribution in [-0.4, -0.2) is 36.0 Å². The van der Waals surface area contributed by atoms with E-state index in [1.165, 1.54) is 0 Å². The molecule has 0 aromatic heterocycles. The molecular weight excluding hydrogens is 423 g/mol. The van der Waals surface area contributed by atoms with Gasteiger partial charge in [-0.3, -0.25) is 0 Å². The van der Waals surface area contributed by atoms with E-state index in [1.54, 1.807) is 0 Å². The molecule has 3 saturated carbocycles. The number of halogens is 3. The zero-order valence-corrected chi connectivity index (χ0v) is 17.1. The molecular formula is C24H22F3NO4. The lowest BCUT2D eigenvalue weighted by atomic mass is 9.33. The SMILES string of the molecule is O=C(N[C@@H](CC12CC(C(F)(F)F)(C1)C2)C(=O)O)OCC1c2ccccc2-c2ccccc21. The molecule has 0 spiro atoms. The summed E-state index contributed by atoms with van der Waals surface area (Å²) >= 11 is 0. The summed E-state index contributed by atoms with van der Waals surface area (Å²) in [4.78, 5) is 24.0. The van der Waals surface area contributed by atoms with Crippen molar-refractivity contribution in [3.8, 4) is 11.1 Å². The number of carboxylic acids is 1. The molecule has 0 heterocycles. The number of benzene rings is 2. The topological polar surface area (TPSA) is 75.6 Å². The predicted octanol–water partition coefficient (Wildman–Crippen LogP) is 5.10. The molecule has 2 aromatic carbocycles. The third-order valence-corrected chi connectivity index (χ3v) is 7.31. The van der Waals surface area contributed by atoms with Crippen LogP contribution in [0.5, 0.6) is 0 Å². The number of amides is 1. The van der Waals surface area contributed by atoms with E-state index < -0.39 is 35.1 Å². The molecule has 4 aliphatic carbocycles. The standard InChI is InChI=1S/C24H22F3NO4/c25-24(26,27)23-11-22(12-23,13-23)9-19(20(29)30)28-21(31)32-10-18-16-7-3-1-5-14(16)15-6-2-4-8-17(15)18/h1-8,18-19H,9-13H2,(H,28,31)(H,29,30)/t19-,22?,23?/m0/s1. The van der Waals surface area contributed by atoms with Crippen molar-refractivity contribution in [1.82, 2.24) is 5.32 Å². The average Bonchev–Trinajstić information content (AvgIpc) is 2.99. The molecule has 2 N–H and O–H groups in total. The highest BCUT2D eigenvalue weighted by atomic mass is 19.4. The molecule has 8 heteroatoms. The van der Waals surface area contributed by atoms with Crippen LogP contribution in [0.4, 0.5) is 18.0 Å². The van der Waals surface area contributed by atoms with E-state index in [4.69, 9.17) is 4.74 Å². The van der Waals surface area contributed by atoms with Crippen LogP contribution in [0.2, 0.25) is 0 Å². The molecule has 1 amide bonds. The molecule has 0 radical (unpaired) electrons. The fraction of sp³-hybridized carbons (Fsp3) is 0.417. The summed E-state index contributed by atoms with van der Waals surface area (Å²) in [6.45, 7) is 0.0362. The van der Waals surface area contributed by atoms with Gasteiger partial charge in [-0.2, -0.15) is 13.2 Å². The van der Waals surface area contributed by atoms with E-state index in [1.807, 2.05) is 48.5 Å². The van der Waals surface area contributed by atoms with Gasteiger partial charge >= 0.3 is 18.2 Å². The Morgan fingerprint density at radius 3 is 2.06 bits per heavy atom. The fourth-order valence-electron chi connectivity index (χ4n) is 5.93. The second kappa shape index (κ2) is 6.98. The minimum absolute atomic E-state index is 0.0235. The lowest BCUT2D eigenvalue weighted by molar-refractivity contribution is -0.365. The van der Waals surface area contributed by atoms with Gasteiger partial charge in [-0.05, 0) is 53.4 Å². The van der Waals surface area contributed by atoms with Crippen molar-refractivity contribution in [2.24, 2.45) is 10.8 Å². The van der Waals surface area contributed by atoms with Crippen molar-refractivity contribution >= 4 is 12.1 Å². The van der Waals surface area contributed by atoms with Gasteiger partial charge in [-0.15, -0.1) is 0 Å². The normalized spacial score (nSPS) is 26.2. The summed E-state index contributed by atoms with van der Waals surface area (Å²) in [6, 6.07) is 14.4. The van der Waals surface area contributed by atoms with Gasteiger partial charge < -0.3 is 15.2 Å². The molecule has 0 aliphatic heterocycles. The summed E-state index contributed by atoms with van der Waals surface area (Å²) in [5.41, 5.74) is 1.89. The summed E-state index contributed by atoms with van der Waals surface area (Å²) in [6.07, 6.45) is -5.37. The second-order valence-electron chi connectivity index (χ2n) is 9.37. The van der Waals surface area contributed by atoms with Crippen molar-refractivity contribution in [3.05, 3.63) is 59.7 Å². The number of ether oxygens (including phenoxy) is 1. The first-order valence-electron chi connectivity index (χ1n) is 10.5. The molecule has 5 nitrogen and oxygen atoms in total. The highest BCUT2D eigenvalue weighted by molar-refractivity contribution is 5.81. The van der Waals surface area contributed by atoms with E-state index >= 15 is 0 Å². The maximum absolute atomic E-state index is 13.1. The Bertz CT molecular complexity index is 1030. The van der Waals surface area contributed by atoms with Crippen LogP contribution in [0.3, 0.4) is 0 Å². The molecule has 3 fully saturated rings. The number of carboxylic acid groups (broad SMARTS) is 1. The molecule has 0 saturated heterocycles. The fourth-order valence-corrected chi connectivity index (χ4v) is 5.93. The highest BCUT2D eigenvalue weighted by Gasteiger charge is 2.78. The number of hydrogen-bond acceptors (Lipinski definition) is 3. The summed E-state index contributed by atoms with van der Waals surface area (Å²) < 4.78 is 44.5. The maximum atomic E-state index is 13.1. The molecule has 4 aliphatic rings. The number of alkyl halides is 3. The molecule has 32 heavy (non-hydrogen) atoms. The van der Waals surface area contributed by atoms with Crippen LogP contribution >= 0.6 is 0 Å². The van der Waals surface area contributed by atoms with Crippen LogP contribution in [0.25, 0.3) is 11.1 Å². The van der Waals surface area contributed by atoms with Crippen molar-refractivity contribution in [3.63, 3.8) is 0 Å². The third kappa shape index (κ3) is 3.15. The van der Waals surface area contributed by atoms with E-state index in [0.29, 0.717) is 0 Å².